The number of benzene rings is 1. The highest BCUT2D eigenvalue weighted by molar-refractivity contribution is 8.00. The highest BCUT2D eigenvalue weighted by Gasteiger charge is 2.17. The van der Waals surface area contributed by atoms with Gasteiger partial charge in [0.2, 0.25) is 11.8 Å². The molecular formula is C14H17N3O2S2. The van der Waals surface area contributed by atoms with Crippen molar-refractivity contribution in [2.75, 3.05) is 6.26 Å². The maximum Gasteiger partial charge on any atom is 0.277 e. The number of carbonyl (C=O) groups is 1. The van der Waals surface area contributed by atoms with Gasteiger partial charge in [-0.25, -0.2) is 0 Å². The van der Waals surface area contributed by atoms with Crippen molar-refractivity contribution in [2.45, 2.75) is 29.7 Å². The molecular weight excluding hydrogens is 306 g/mol. The van der Waals surface area contributed by atoms with Crippen molar-refractivity contribution in [3.63, 3.8) is 0 Å². The fourth-order valence-electron chi connectivity index (χ4n) is 1.60. The minimum Gasteiger partial charge on any atom is -0.415 e. The summed E-state index contributed by atoms with van der Waals surface area (Å²) >= 11 is 2.89. The fourth-order valence-corrected chi connectivity index (χ4v) is 2.69. The molecule has 1 amide bonds. The highest BCUT2D eigenvalue weighted by atomic mass is 32.2. The molecule has 0 aliphatic carbocycles. The molecule has 1 atom stereocenters. The fraction of sp³-hybridized carbons (Fsp3) is 0.357. The first-order valence-electron chi connectivity index (χ1n) is 6.48. The van der Waals surface area contributed by atoms with Gasteiger partial charge in [0.05, 0.1) is 11.0 Å². The Hall–Kier alpha value is -1.47. The first-order valence-corrected chi connectivity index (χ1v) is 8.76. The number of hydrogen-bond donors (Lipinski definition) is 1. The first-order chi connectivity index (χ1) is 10.2. The summed E-state index contributed by atoms with van der Waals surface area (Å²) in [6.07, 6.45) is 1.97. The monoisotopic (exact) mass is 323 g/mol. The van der Waals surface area contributed by atoms with Crippen molar-refractivity contribution in [2.24, 2.45) is 0 Å². The van der Waals surface area contributed by atoms with Gasteiger partial charge in [-0.15, -0.1) is 10.2 Å². The van der Waals surface area contributed by atoms with Gasteiger partial charge in [0, 0.05) is 6.54 Å². The molecule has 0 saturated carbocycles. The molecule has 1 heterocycles. The summed E-state index contributed by atoms with van der Waals surface area (Å²) in [6.45, 7) is 2.34. The van der Waals surface area contributed by atoms with Crippen molar-refractivity contribution >= 4 is 29.4 Å². The van der Waals surface area contributed by atoms with Crippen LogP contribution in [0.25, 0.3) is 0 Å². The molecule has 0 aliphatic rings. The summed E-state index contributed by atoms with van der Waals surface area (Å²) in [5.41, 5.74) is 1.07. The molecule has 1 aromatic carbocycles. The van der Waals surface area contributed by atoms with E-state index < -0.39 is 0 Å². The number of hydrogen-bond acceptors (Lipinski definition) is 6. The van der Waals surface area contributed by atoms with E-state index in [-0.39, 0.29) is 11.2 Å². The lowest BCUT2D eigenvalue weighted by atomic mass is 10.2. The Morgan fingerprint density at radius 3 is 2.81 bits per heavy atom. The van der Waals surface area contributed by atoms with E-state index in [1.165, 1.54) is 11.8 Å². The Morgan fingerprint density at radius 1 is 1.33 bits per heavy atom. The van der Waals surface area contributed by atoms with Crippen LogP contribution in [0.1, 0.15) is 18.4 Å². The number of aromatic nitrogens is 2. The van der Waals surface area contributed by atoms with Gasteiger partial charge in [-0.1, -0.05) is 42.1 Å². The summed E-state index contributed by atoms with van der Waals surface area (Å²) in [6, 6.07) is 9.80. The second kappa shape index (κ2) is 8.09. The van der Waals surface area contributed by atoms with Crippen LogP contribution in [0.3, 0.4) is 0 Å². The van der Waals surface area contributed by atoms with Crippen LogP contribution in [0, 0.1) is 0 Å². The lowest BCUT2D eigenvalue weighted by Crippen LogP contribution is -2.30. The predicted octanol–water partition coefficient (Wildman–Crippen LogP) is 2.73. The molecule has 1 N–H and O–H groups in total. The molecule has 2 aromatic rings. The van der Waals surface area contributed by atoms with Gasteiger partial charge in [-0.05, 0) is 18.7 Å². The van der Waals surface area contributed by atoms with E-state index >= 15 is 0 Å². The van der Waals surface area contributed by atoms with E-state index in [9.17, 15) is 4.79 Å². The topological polar surface area (TPSA) is 68.0 Å². The van der Waals surface area contributed by atoms with Gasteiger partial charge in [0.1, 0.15) is 0 Å². The smallest absolute Gasteiger partial charge is 0.277 e. The van der Waals surface area contributed by atoms with Gasteiger partial charge < -0.3 is 9.73 Å². The zero-order valence-corrected chi connectivity index (χ0v) is 13.5. The van der Waals surface area contributed by atoms with Crippen LogP contribution < -0.4 is 5.32 Å². The minimum atomic E-state index is -0.281. The summed E-state index contributed by atoms with van der Waals surface area (Å²) in [4.78, 5) is 12.0. The predicted molar refractivity (Wildman–Crippen MR) is 85.1 cm³/mol. The quantitative estimate of drug-likeness (QED) is 0.790. The second-order valence-corrected chi connectivity index (χ2v) is 6.52. The van der Waals surface area contributed by atoms with Gasteiger partial charge in [0.25, 0.3) is 5.22 Å². The van der Waals surface area contributed by atoms with Gasteiger partial charge in [-0.3, -0.25) is 4.79 Å². The van der Waals surface area contributed by atoms with E-state index in [2.05, 4.69) is 15.5 Å². The molecule has 2 rings (SSSR count). The standard InChI is InChI=1S/C14H17N3O2S2/c1-10(21-14-17-16-12(19-14)9-20-2)13(18)15-8-11-6-4-3-5-7-11/h3-7,10H,8-9H2,1-2H3,(H,15,18). The molecule has 7 heteroatoms. The van der Waals surface area contributed by atoms with Crippen molar-refractivity contribution in [3.05, 3.63) is 41.8 Å². The van der Waals surface area contributed by atoms with Gasteiger partial charge >= 0.3 is 0 Å². The lowest BCUT2D eigenvalue weighted by molar-refractivity contribution is -0.120. The lowest BCUT2D eigenvalue weighted by Gasteiger charge is -2.09. The van der Waals surface area contributed by atoms with E-state index in [0.29, 0.717) is 23.4 Å². The van der Waals surface area contributed by atoms with Crippen LogP contribution in [-0.2, 0) is 17.1 Å². The Kier molecular flexibility index (Phi) is 6.13. The van der Waals surface area contributed by atoms with Crippen molar-refractivity contribution in [3.8, 4) is 0 Å². The zero-order chi connectivity index (χ0) is 15.1. The Morgan fingerprint density at radius 2 is 2.10 bits per heavy atom. The normalized spacial score (nSPS) is 12.1. The number of nitrogens with one attached hydrogen (secondary N) is 1. The SMILES string of the molecule is CSCc1nnc(SC(C)C(=O)NCc2ccccc2)o1. The second-order valence-electron chi connectivity index (χ2n) is 4.36. The van der Waals surface area contributed by atoms with Crippen LogP contribution in [0.15, 0.2) is 40.0 Å². The Balaban J connectivity index is 1.81. The molecule has 0 fully saturated rings. The van der Waals surface area contributed by atoms with E-state index in [1.807, 2.05) is 43.5 Å². The molecule has 112 valence electrons. The van der Waals surface area contributed by atoms with Gasteiger partial charge in [-0.2, -0.15) is 11.8 Å². The van der Waals surface area contributed by atoms with Gasteiger partial charge in [0.15, 0.2) is 0 Å². The Bertz CT molecular complexity index is 575. The third-order valence-electron chi connectivity index (χ3n) is 2.67. The zero-order valence-electron chi connectivity index (χ0n) is 11.9. The van der Waals surface area contributed by atoms with Crippen LogP contribution in [0.2, 0.25) is 0 Å². The van der Waals surface area contributed by atoms with E-state index in [4.69, 9.17) is 4.42 Å². The number of amides is 1. The summed E-state index contributed by atoms with van der Waals surface area (Å²) in [7, 11) is 0. The number of carbonyl (C=O) groups excluding carboxylic acids is 1. The summed E-state index contributed by atoms with van der Waals surface area (Å²) < 4.78 is 5.45. The van der Waals surface area contributed by atoms with Crippen LogP contribution in [-0.4, -0.2) is 27.6 Å². The van der Waals surface area contributed by atoms with Crippen LogP contribution >= 0.6 is 23.5 Å². The molecule has 0 radical (unpaired) electrons. The van der Waals surface area contributed by atoms with Crippen LogP contribution in [0.5, 0.6) is 0 Å². The molecule has 5 nitrogen and oxygen atoms in total. The van der Waals surface area contributed by atoms with E-state index in [1.54, 1.807) is 11.8 Å². The molecule has 0 aliphatic heterocycles. The maximum absolute atomic E-state index is 12.0. The average molecular weight is 323 g/mol. The van der Waals surface area contributed by atoms with Crippen molar-refractivity contribution in [1.82, 2.24) is 15.5 Å². The molecule has 1 aromatic heterocycles. The van der Waals surface area contributed by atoms with Crippen LogP contribution in [0.4, 0.5) is 0 Å². The average Bonchev–Trinajstić information content (AvgIpc) is 2.93. The first kappa shape index (κ1) is 15.9. The highest BCUT2D eigenvalue weighted by Crippen LogP contribution is 2.22. The molecule has 0 saturated heterocycles. The molecule has 21 heavy (non-hydrogen) atoms. The number of thioether (sulfide) groups is 2. The Labute approximate surface area is 132 Å². The third-order valence-corrected chi connectivity index (χ3v) is 4.14. The summed E-state index contributed by atoms with van der Waals surface area (Å²) in [5, 5.41) is 10.9. The van der Waals surface area contributed by atoms with Crippen molar-refractivity contribution in [1.29, 1.82) is 0 Å². The molecule has 1 unspecified atom stereocenters. The molecule has 0 bridgehead atoms. The largest absolute Gasteiger partial charge is 0.415 e. The minimum absolute atomic E-state index is 0.0477. The van der Waals surface area contributed by atoms with Crippen molar-refractivity contribution < 1.29 is 9.21 Å². The van der Waals surface area contributed by atoms with E-state index in [0.717, 1.165) is 5.56 Å². The third kappa shape index (κ3) is 5.09. The molecule has 0 spiro atoms. The summed E-state index contributed by atoms with van der Waals surface area (Å²) in [5.74, 6) is 1.22. The number of rotatable bonds is 7. The maximum atomic E-state index is 12.0. The number of nitrogens with zero attached hydrogens (tertiary/aromatic N) is 2.